The fraction of sp³-hybridized carbons (Fsp3) is 0.533. The van der Waals surface area contributed by atoms with Gasteiger partial charge in [-0.1, -0.05) is 6.07 Å². The molecule has 23 heavy (non-hydrogen) atoms. The van der Waals surface area contributed by atoms with E-state index in [9.17, 15) is 13.2 Å². The second kappa shape index (κ2) is 7.99. The summed E-state index contributed by atoms with van der Waals surface area (Å²) in [5.41, 5.74) is 7.51. The van der Waals surface area contributed by atoms with Crippen molar-refractivity contribution in [3.63, 3.8) is 0 Å². The minimum Gasteiger partial charge on any atom is -0.349 e. The summed E-state index contributed by atoms with van der Waals surface area (Å²) in [4.78, 5) is 12.3. The molecule has 0 aromatic heterocycles. The molecule has 1 fully saturated rings. The largest absolute Gasteiger partial charge is 0.349 e. The third-order valence-electron chi connectivity index (χ3n) is 3.90. The molecule has 0 bridgehead atoms. The topological polar surface area (TPSA) is 101 Å². The van der Waals surface area contributed by atoms with Gasteiger partial charge in [0.05, 0.1) is 11.9 Å². The molecule has 0 heterocycles. The van der Waals surface area contributed by atoms with Crippen molar-refractivity contribution in [2.75, 3.05) is 11.0 Å². The summed E-state index contributed by atoms with van der Waals surface area (Å²) in [6.45, 7) is 1.79. The second-order valence-electron chi connectivity index (χ2n) is 5.99. The first kappa shape index (κ1) is 19.7. The predicted molar refractivity (Wildman–Crippen MR) is 94.6 cm³/mol. The van der Waals surface area contributed by atoms with Gasteiger partial charge in [0, 0.05) is 17.6 Å². The van der Waals surface area contributed by atoms with Gasteiger partial charge in [-0.05, 0) is 50.3 Å². The molecular weight excluding hydrogens is 338 g/mol. The Morgan fingerprint density at radius 1 is 1.22 bits per heavy atom. The average molecular weight is 362 g/mol. The highest BCUT2D eigenvalue weighted by atomic mass is 35.5. The number of nitrogens with two attached hydrogens (primary N) is 1. The Morgan fingerprint density at radius 3 is 2.39 bits per heavy atom. The third-order valence-corrected chi connectivity index (χ3v) is 4.49. The van der Waals surface area contributed by atoms with Crippen LogP contribution in [-0.4, -0.2) is 32.7 Å². The van der Waals surface area contributed by atoms with Crippen LogP contribution < -0.4 is 15.8 Å². The molecule has 4 N–H and O–H groups in total. The van der Waals surface area contributed by atoms with E-state index < -0.39 is 10.0 Å². The highest BCUT2D eigenvalue weighted by Crippen LogP contribution is 2.20. The molecule has 0 aliphatic heterocycles. The number of hydrogen-bond donors (Lipinski definition) is 3. The van der Waals surface area contributed by atoms with E-state index in [-0.39, 0.29) is 30.4 Å². The Morgan fingerprint density at radius 2 is 1.83 bits per heavy atom. The summed E-state index contributed by atoms with van der Waals surface area (Å²) in [6, 6.07) is 5.38. The van der Waals surface area contributed by atoms with Crippen LogP contribution in [0.4, 0.5) is 5.69 Å². The summed E-state index contributed by atoms with van der Waals surface area (Å²) >= 11 is 0. The number of carbonyl (C=O) groups excluding carboxylic acids is 1. The standard InChI is InChI=1S/C15H23N3O3S.ClH/c1-10-3-4-11(9-14(10)18-22(2,20)21)15(19)17-13-7-5-12(16)6-8-13;/h3-4,9,12-13,18H,5-8,16H2,1-2H3,(H,17,19);1H. The summed E-state index contributed by atoms with van der Waals surface area (Å²) in [7, 11) is -3.37. The maximum atomic E-state index is 12.3. The van der Waals surface area contributed by atoms with E-state index >= 15 is 0 Å². The summed E-state index contributed by atoms with van der Waals surface area (Å²) in [5.74, 6) is -0.183. The van der Waals surface area contributed by atoms with E-state index in [1.54, 1.807) is 25.1 Å². The van der Waals surface area contributed by atoms with Crippen molar-refractivity contribution in [3.05, 3.63) is 29.3 Å². The SMILES string of the molecule is Cc1ccc(C(=O)NC2CCC(N)CC2)cc1NS(C)(=O)=O.Cl. The van der Waals surface area contributed by atoms with E-state index in [1.807, 2.05) is 0 Å². The Kier molecular flexibility index (Phi) is 6.85. The Hall–Kier alpha value is -1.31. The van der Waals surface area contributed by atoms with Crippen LogP contribution >= 0.6 is 12.4 Å². The van der Waals surface area contributed by atoms with E-state index in [0.29, 0.717) is 11.3 Å². The van der Waals surface area contributed by atoms with E-state index in [4.69, 9.17) is 5.73 Å². The van der Waals surface area contributed by atoms with Gasteiger partial charge < -0.3 is 11.1 Å². The molecule has 1 aromatic carbocycles. The average Bonchev–Trinajstić information content (AvgIpc) is 2.42. The van der Waals surface area contributed by atoms with Crippen molar-refractivity contribution in [3.8, 4) is 0 Å². The van der Waals surface area contributed by atoms with Crippen LogP contribution in [0, 0.1) is 6.92 Å². The number of halogens is 1. The Balaban J connectivity index is 0.00000264. The van der Waals surface area contributed by atoms with Gasteiger partial charge in [-0.3, -0.25) is 9.52 Å². The number of rotatable bonds is 4. The normalized spacial score (nSPS) is 21.2. The number of hydrogen-bond acceptors (Lipinski definition) is 4. The summed E-state index contributed by atoms with van der Waals surface area (Å²) in [6.07, 6.45) is 4.68. The lowest BCUT2D eigenvalue weighted by molar-refractivity contribution is 0.0926. The molecule has 2 rings (SSSR count). The molecule has 1 aliphatic carbocycles. The zero-order chi connectivity index (χ0) is 16.3. The van der Waals surface area contributed by atoms with Crippen LogP contribution in [0.2, 0.25) is 0 Å². The lowest BCUT2D eigenvalue weighted by atomic mass is 9.91. The molecule has 0 spiro atoms. The molecule has 0 radical (unpaired) electrons. The zero-order valence-electron chi connectivity index (χ0n) is 13.3. The van der Waals surface area contributed by atoms with Gasteiger partial charge >= 0.3 is 0 Å². The third kappa shape index (κ3) is 6.01. The molecule has 130 valence electrons. The maximum Gasteiger partial charge on any atom is 0.251 e. The molecule has 0 atom stereocenters. The van der Waals surface area contributed by atoms with Gasteiger partial charge in [0.1, 0.15) is 0 Å². The van der Waals surface area contributed by atoms with Gasteiger partial charge in [-0.25, -0.2) is 8.42 Å². The number of anilines is 1. The second-order valence-corrected chi connectivity index (χ2v) is 7.74. The monoisotopic (exact) mass is 361 g/mol. The number of nitrogens with one attached hydrogen (secondary N) is 2. The number of carbonyl (C=O) groups is 1. The predicted octanol–water partition coefficient (Wildman–Crippen LogP) is 1.79. The van der Waals surface area contributed by atoms with E-state index in [1.165, 1.54) is 0 Å². The number of aryl methyl sites for hydroxylation is 1. The van der Waals surface area contributed by atoms with Crippen molar-refractivity contribution >= 4 is 34.0 Å². The van der Waals surface area contributed by atoms with Gasteiger partial charge in [0.2, 0.25) is 10.0 Å². The van der Waals surface area contributed by atoms with Gasteiger partial charge in [0.15, 0.2) is 0 Å². The van der Waals surface area contributed by atoms with E-state index in [2.05, 4.69) is 10.0 Å². The Labute approximate surface area is 143 Å². The lowest BCUT2D eigenvalue weighted by Crippen LogP contribution is -2.40. The fourth-order valence-electron chi connectivity index (χ4n) is 2.61. The van der Waals surface area contributed by atoms with Crippen LogP contribution in [0.1, 0.15) is 41.6 Å². The molecule has 6 nitrogen and oxygen atoms in total. The molecule has 8 heteroatoms. The molecule has 1 aromatic rings. The highest BCUT2D eigenvalue weighted by molar-refractivity contribution is 7.92. The highest BCUT2D eigenvalue weighted by Gasteiger charge is 2.21. The quantitative estimate of drug-likeness (QED) is 0.760. The molecule has 0 saturated heterocycles. The van der Waals surface area contributed by atoms with Crippen LogP contribution in [0.15, 0.2) is 18.2 Å². The maximum absolute atomic E-state index is 12.3. The molecular formula is C15H24ClN3O3S. The molecule has 1 saturated carbocycles. The van der Waals surface area contributed by atoms with Crippen molar-refractivity contribution in [1.82, 2.24) is 5.32 Å². The first-order valence-electron chi connectivity index (χ1n) is 7.39. The number of amides is 1. The van der Waals surface area contributed by atoms with Gasteiger partial charge in [0.25, 0.3) is 5.91 Å². The van der Waals surface area contributed by atoms with Crippen LogP contribution in [-0.2, 0) is 10.0 Å². The van der Waals surface area contributed by atoms with Crippen molar-refractivity contribution in [2.24, 2.45) is 5.73 Å². The van der Waals surface area contributed by atoms with Crippen LogP contribution in [0.5, 0.6) is 0 Å². The lowest BCUT2D eigenvalue weighted by Gasteiger charge is -2.26. The van der Waals surface area contributed by atoms with E-state index in [0.717, 1.165) is 37.5 Å². The van der Waals surface area contributed by atoms with Crippen LogP contribution in [0.3, 0.4) is 0 Å². The summed E-state index contributed by atoms with van der Waals surface area (Å²) in [5, 5.41) is 2.99. The van der Waals surface area contributed by atoms with Crippen molar-refractivity contribution < 1.29 is 13.2 Å². The first-order valence-corrected chi connectivity index (χ1v) is 9.28. The summed E-state index contributed by atoms with van der Waals surface area (Å²) < 4.78 is 25.1. The minimum absolute atomic E-state index is 0. The van der Waals surface area contributed by atoms with Crippen molar-refractivity contribution in [1.29, 1.82) is 0 Å². The smallest absolute Gasteiger partial charge is 0.251 e. The van der Waals surface area contributed by atoms with Crippen LogP contribution in [0.25, 0.3) is 0 Å². The zero-order valence-corrected chi connectivity index (χ0v) is 15.0. The molecule has 1 amide bonds. The Bertz CT molecular complexity index is 656. The van der Waals surface area contributed by atoms with Gasteiger partial charge in [-0.2, -0.15) is 0 Å². The fourth-order valence-corrected chi connectivity index (χ4v) is 3.22. The first-order chi connectivity index (χ1) is 10.2. The molecule has 1 aliphatic rings. The van der Waals surface area contributed by atoms with Gasteiger partial charge in [-0.15, -0.1) is 12.4 Å². The molecule has 0 unspecified atom stereocenters. The minimum atomic E-state index is -3.37. The van der Waals surface area contributed by atoms with Crippen molar-refractivity contribution in [2.45, 2.75) is 44.7 Å². The number of benzene rings is 1. The number of sulfonamides is 1.